The van der Waals surface area contributed by atoms with Crippen LogP contribution in [0.4, 0.5) is 0 Å². The molecule has 2 atom stereocenters. The first-order chi connectivity index (χ1) is 11.5. The van der Waals surface area contributed by atoms with Crippen LogP contribution in [0.15, 0.2) is 55.3 Å². The lowest BCUT2D eigenvalue weighted by Crippen LogP contribution is -2.08. The van der Waals surface area contributed by atoms with Gasteiger partial charge in [0.2, 0.25) is 5.88 Å². The third-order valence-corrected chi connectivity index (χ3v) is 4.31. The lowest BCUT2D eigenvalue weighted by molar-refractivity contribution is 0.0696. The van der Waals surface area contributed by atoms with Gasteiger partial charge >= 0.3 is 5.97 Å². The minimum atomic E-state index is -1.00. The Morgan fingerprint density at radius 2 is 2.00 bits per heavy atom. The Bertz CT molecular complexity index is 677. The number of nitrogens with zero attached hydrogens (tertiary/aromatic N) is 1. The molecule has 0 aliphatic rings. The number of aromatic nitrogens is 1. The SMILES string of the molecule is C=CCC(CC)C(C)c1ccc(Oc2ccc(C(=O)O)cn2)cc1. The third kappa shape index (κ3) is 4.44. The number of ether oxygens (including phenoxy) is 1. The van der Waals surface area contributed by atoms with Crippen molar-refractivity contribution in [2.75, 3.05) is 0 Å². The van der Waals surface area contributed by atoms with E-state index < -0.39 is 5.97 Å². The van der Waals surface area contributed by atoms with Gasteiger partial charge in [-0.05, 0) is 42.0 Å². The summed E-state index contributed by atoms with van der Waals surface area (Å²) in [4.78, 5) is 14.8. The molecule has 0 saturated heterocycles. The summed E-state index contributed by atoms with van der Waals surface area (Å²) < 4.78 is 5.66. The molecule has 0 aliphatic carbocycles. The average molecular weight is 325 g/mol. The molecule has 1 heterocycles. The molecule has 0 saturated carbocycles. The fourth-order valence-corrected chi connectivity index (χ4v) is 2.74. The number of carbonyl (C=O) groups is 1. The van der Waals surface area contributed by atoms with Gasteiger partial charge < -0.3 is 9.84 Å². The van der Waals surface area contributed by atoms with E-state index in [0.29, 0.717) is 23.5 Å². The first-order valence-electron chi connectivity index (χ1n) is 8.13. The largest absolute Gasteiger partial charge is 0.478 e. The van der Waals surface area contributed by atoms with Crippen LogP contribution < -0.4 is 4.74 Å². The van der Waals surface area contributed by atoms with E-state index in [4.69, 9.17) is 9.84 Å². The summed E-state index contributed by atoms with van der Waals surface area (Å²) in [7, 11) is 0. The zero-order chi connectivity index (χ0) is 17.5. The van der Waals surface area contributed by atoms with E-state index in [0.717, 1.165) is 12.8 Å². The Morgan fingerprint density at radius 1 is 1.29 bits per heavy atom. The number of hydrogen-bond donors (Lipinski definition) is 1. The summed E-state index contributed by atoms with van der Waals surface area (Å²) in [6.45, 7) is 8.28. The summed E-state index contributed by atoms with van der Waals surface area (Å²) in [6, 6.07) is 11.0. The van der Waals surface area contributed by atoms with E-state index >= 15 is 0 Å². The molecule has 0 spiro atoms. The van der Waals surface area contributed by atoms with Crippen molar-refractivity contribution in [3.63, 3.8) is 0 Å². The van der Waals surface area contributed by atoms with Crippen molar-refractivity contribution < 1.29 is 14.6 Å². The number of rotatable bonds is 8. The summed E-state index contributed by atoms with van der Waals surface area (Å²) in [5.74, 6) is 1.09. The zero-order valence-electron chi connectivity index (χ0n) is 14.1. The summed E-state index contributed by atoms with van der Waals surface area (Å²) in [5, 5.41) is 8.86. The van der Waals surface area contributed by atoms with Crippen LogP contribution in [-0.4, -0.2) is 16.1 Å². The summed E-state index contributed by atoms with van der Waals surface area (Å²) in [6.07, 6.45) is 5.39. The van der Waals surface area contributed by atoms with Gasteiger partial charge in [0.05, 0.1) is 5.56 Å². The maximum atomic E-state index is 10.8. The molecule has 4 nitrogen and oxygen atoms in total. The normalized spacial score (nSPS) is 13.1. The number of aromatic carboxylic acids is 1. The molecule has 2 aromatic rings. The lowest BCUT2D eigenvalue weighted by atomic mass is 9.84. The van der Waals surface area contributed by atoms with Crippen LogP contribution >= 0.6 is 0 Å². The van der Waals surface area contributed by atoms with Gasteiger partial charge in [-0.1, -0.05) is 38.5 Å². The highest BCUT2D eigenvalue weighted by atomic mass is 16.5. The van der Waals surface area contributed by atoms with E-state index in [1.54, 1.807) is 6.07 Å². The Hall–Kier alpha value is -2.62. The Morgan fingerprint density at radius 3 is 2.50 bits per heavy atom. The molecule has 1 aromatic heterocycles. The molecule has 126 valence electrons. The second-order valence-electron chi connectivity index (χ2n) is 5.84. The second-order valence-corrected chi connectivity index (χ2v) is 5.84. The Labute approximate surface area is 142 Å². The van der Waals surface area contributed by atoms with Crippen molar-refractivity contribution in [3.05, 3.63) is 66.4 Å². The first-order valence-corrected chi connectivity index (χ1v) is 8.13. The van der Waals surface area contributed by atoms with E-state index in [-0.39, 0.29) is 5.56 Å². The van der Waals surface area contributed by atoms with Gasteiger partial charge in [0.25, 0.3) is 0 Å². The highest BCUT2D eigenvalue weighted by Crippen LogP contribution is 2.31. The van der Waals surface area contributed by atoms with Crippen LogP contribution in [0.3, 0.4) is 0 Å². The van der Waals surface area contributed by atoms with Gasteiger partial charge in [-0.3, -0.25) is 0 Å². The Balaban J connectivity index is 2.06. The third-order valence-electron chi connectivity index (χ3n) is 4.31. The van der Waals surface area contributed by atoms with E-state index in [2.05, 4.69) is 37.5 Å². The van der Waals surface area contributed by atoms with Crippen molar-refractivity contribution in [1.82, 2.24) is 4.98 Å². The molecular weight excluding hydrogens is 302 g/mol. The molecule has 2 rings (SSSR count). The van der Waals surface area contributed by atoms with E-state index in [1.165, 1.54) is 17.8 Å². The smallest absolute Gasteiger partial charge is 0.337 e. The maximum Gasteiger partial charge on any atom is 0.337 e. The zero-order valence-corrected chi connectivity index (χ0v) is 14.1. The van der Waals surface area contributed by atoms with Crippen molar-refractivity contribution in [2.45, 2.75) is 32.6 Å². The van der Waals surface area contributed by atoms with Crippen LogP contribution in [0.25, 0.3) is 0 Å². The standard InChI is InChI=1S/C20H23NO3/c1-4-6-15(5-2)14(3)16-7-10-18(11-8-16)24-19-12-9-17(13-21-19)20(22)23/h4,7-15H,1,5-6H2,2-3H3,(H,22,23). The Kier molecular flexibility index (Phi) is 6.13. The van der Waals surface area contributed by atoms with Gasteiger partial charge in [-0.25, -0.2) is 9.78 Å². The monoisotopic (exact) mass is 325 g/mol. The molecule has 0 amide bonds. The molecule has 1 aromatic carbocycles. The van der Waals surface area contributed by atoms with Crippen molar-refractivity contribution in [1.29, 1.82) is 0 Å². The highest BCUT2D eigenvalue weighted by Gasteiger charge is 2.16. The summed E-state index contributed by atoms with van der Waals surface area (Å²) in [5.41, 5.74) is 1.41. The molecule has 0 fully saturated rings. The number of hydrogen-bond acceptors (Lipinski definition) is 3. The van der Waals surface area contributed by atoms with E-state index in [9.17, 15) is 4.79 Å². The number of allylic oxidation sites excluding steroid dienone is 1. The van der Waals surface area contributed by atoms with Crippen LogP contribution in [0.1, 0.15) is 48.5 Å². The quantitative estimate of drug-likeness (QED) is 0.671. The molecule has 4 heteroatoms. The minimum Gasteiger partial charge on any atom is -0.478 e. The molecular formula is C20H23NO3. The predicted molar refractivity (Wildman–Crippen MR) is 94.7 cm³/mol. The molecule has 24 heavy (non-hydrogen) atoms. The molecule has 1 N–H and O–H groups in total. The van der Waals surface area contributed by atoms with Crippen LogP contribution in [0.2, 0.25) is 0 Å². The molecule has 2 unspecified atom stereocenters. The van der Waals surface area contributed by atoms with E-state index in [1.807, 2.05) is 18.2 Å². The van der Waals surface area contributed by atoms with Crippen molar-refractivity contribution in [3.8, 4) is 11.6 Å². The van der Waals surface area contributed by atoms with Gasteiger partial charge in [0, 0.05) is 12.3 Å². The molecule has 0 aliphatic heterocycles. The van der Waals surface area contributed by atoms with Crippen LogP contribution in [0, 0.1) is 5.92 Å². The van der Waals surface area contributed by atoms with Crippen molar-refractivity contribution >= 4 is 5.97 Å². The summed E-state index contributed by atoms with van der Waals surface area (Å²) >= 11 is 0. The fraction of sp³-hybridized carbons (Fsp3) is 0.300. The number of carboxylic acids is 1. The number of pyridine rings is 1. The van der Waals surface area contributed by atoms with Crippen LogP contribution in [-0.2, 0) is 0 Å². The topological polar surface area (TPSA) is 59.4 Å². The van der Waals surface area contributed by atoms with Gasteiger partial charge in [-0.2, -0.15) is 0 Å². The van der Waals surface area contributed by atoms with Crippen LogP contribution in [0.5, 0.6) is 11.6 Å². The predicted octanol–water partition coefficient (Wildman–Crippen LogP) is 5.28. The van der Waals surface area contributed by atoms with Crippen molar-refractivity contribution in [2.24, 2.45) is 5.92 Å². The second kappa shape index (κ2) is 8.29. The van der Waals surface area contributed by atoms with Gasteiger partial charge in [-0.15, -0.1) is 6.58 Å². The number of carboxylic acid groups (broad SMARTS) is 1. The molecule has 0 radical (unpaired) electrons. The minimum absolute atomic E-state index is 0.138. The van der Waals surface area contributed by atoms with Gasteiger partial charge in [0.1, 0.15) is 5.75 Å². The molecule has 0 bridgehead atoms. The average Bonchev–Trinajstić information content (AvgIpc) is 2.60. The fourth-order valence-electron chi connectivity index (χ4n) is 2.74. The maximum absolute atomic E-state index is 10.8. The highest BCUT2D eigenvalue weighted by molar-refractivity contribution is 5.87. The first kappa shape index (κ1) is 17.7. The number of benzene rings is 1. The lowest BCUT2D eigenvalue weighted by Gasteiger charge is -2.22. The van der Waals surface area contributed by atoms with Gasteiger partial charge in [0.15, 0.2) is 0 Å².